The van der Waals surface area contributed by atoms with Crippen LogP contribution in [0.25, 0.3) is 0 Å². The Morgan fingerprint density at radius 3 is 2.93 bits per heavy atom. The molecule has 1 rings (SSSR count). The van der Waals surface area contributed by atoms with Crippen molar-refractivity contribution in [1.29, 1.82) is 0 Å². The molecule has 0 aromatic carbocycles. The van der Waals surface area contributed by atoms with Gasteiger partial charge in [-0.25, -0.2) is 0 Å². The van der Waals surface area contributed by atoms with Gasteiger partial charge in [-0.2, -0.15) is 0 Å². The van der Waals surface area contributed by atoms with Crippen LogP contribution in [0.1, 0.15) is 28.7 Å². The molecule has 1 aromatic rings. The highest BCUT2D eigenvalue weighted by molar-refractivity contribution is 5.96. The molecule has 5 nitrogen and oxygen atoms in total. The first-order valence-corrected chi connectivity index (χ1v) is 4.93. The number of aryl methyl sites for hydroxylation is 2. The molecule has 0 aliphatic rings. The molecular formula is C10H16N2O3. The molecule has 0 bridgehead atoms. The molecule has 1 aromatic heterocycles. The highest BCUT2D eigenvalue weighted by Gasteiger charge is 2.18. The van der Waals surface area contributed by atoms with Crippen LogP contribution in [0.5, 0.6) is 0 Å². The van der Waals surface area contributed by atoms with E-state index < -0.39 is 0 Å². The van der Waals surface area contributed by atoms with Crippen LogP contribution in [-0.2, 0) is 11.2 Å². The monoisotopic (exact) mass is 212 g/mol. The maximum Gasteiger partial charge on any atom is 0.256 e. The first-order valence-electron chi connectivity index (χ1n) is 4.93. The lowest BCUT2D eigenvalue weighted by Crippen LogP contribution is -2.27. The normalized spacial score (nSPS) is 10.3. The van der Waals surface area contributed by atoms with Crippen molar-refractivity contribution in [3.05, 3.63) is 17.0 Å². The minimum absolute atomic E-state index is 0.150. The van der Waals surface area contributed by atoms with E-state index in [2.05, 4.69) is 10.5 Å². The number of hydrogen-bond acceptors (Lipinski definition) is 4. The standard InChI is InChI=1S/C10H16N2O3/c1-4-8-9(7(2)15-12-8)10(13)11-5-6-14-3/h4-6H2,1-3H3,(H,11,13). The van der Waals surface area contributed by atoms with E-state index in [1.165, 1.54) is 0 Å². The Hall–Kier alpha value is -1.36. The SMILES string of the molecule is CCc1noc(C)c1C(=O)NCCOC. The zero-order valence-corrected chi connectivity index (χ0v) is 9.29. The number of nitrogens with zero attached hydrogens (tertiary/aromatic N) is 1. The van der Waals surface area contributed by atoms with E-state index in [9.17, 15) is 4.79 Å². The average Bonchev–Trinajstić information content (AvgIpc) is 2.59. The number of rotatable bonds is 5. The number of hydrogen-bond donors (Lipinski definition) is 1. The highest BCUT2D eigenvalue weighted by Crippen LogP contribution is 2.13. The lowest BCUT2D eigenvalue weighted by atomic mass is 10.1. The second-order valence-corrected chi connectivity index (χ2v) is 3.16. The Morgan fingerprint density at radius 1 is 1.60 bits per heavy atom. The van der Waals surface area contributed by atoms with E-state index in [1.54, 1.807) is 14.0 Å². The van der Waals surface area contributed by atoms with Gasteiger partial charge in [0.05, 0.1) is 12.3 Å². The fourth-order valence-corrected chi connectivity index (χ4v) is 1.31. The largest absolute Gasteiger partial charge is 0.383 e. The third-order valence-corrected chi connectivity index (χ3v) is 2.09. The van der Waals surface area contributed by atoms with Gasteiger partial charge in [0.2, 0.25) is 0 Å². The molecule has 0 saturated heterocycles. The molecule has 0 unspecified atom stereocenters. The molecule has 5 heteroatoms. The molecule has 0 aliphatic carbocycles. The third-order valence-electron chi connectivity index (χ3n) is 2.09. The summed E-state index contributed by atoms with van der Waals surface area (Å²) in [6, 6.07) is 0. The van der Waals surface area contributed by atoms with E-state index in [4.69, 9.17) is 9.26 Å². The van der Waals surface area contributed by atoms with Gasteiger partial charge in [-0.3, -0.25) is 4.79 Å². The minimum Gasteiger partial charge on any atom is -0.383 e. The lowest BCUT2D eigenvalue weighted by molar-refractivity contribution is 0.0935. The highest BCUT2D eigenvalue weighted by atomic mass is 16.5. The Balaban J connectivity index is 2.67. The van der Waals surface area contributed by atoms with Gasteiger partial charge in [0.1, 0.15) is 11.3 Å². The number of carbonyl (C=O) groups is 1. The van der Waals surface area contributed by atoms with Crippen molar-refractivity contribution in [3.63, 3.8) is 0 Å². The summed E-state index contributed by atoms with van der Waals surface area (Å²) in [7, 11) is 1.59. The smallest absolute Gasteiger partial charge is 0.256 e. The molecule has 0 fully saturated rings. The average molecular weight is 212 g/mol. The third kappa shape index (κ3) is 2.79. The summed E-state index contributed by atoms with van der Waals surface area (Å²) in [4.78, 5) is 11.7. The maximum atomic E-state index is 11.7. The van der Waals surface area contributed by atoms with Gasteiger partial charge < -0.3 is 14.6 Å². The first kappa shape index (κ1) is 11.7. The van der Waals surface area contributed by atoms with Gasteiger partial charge in [0, 0.05) is 13.7 Å². The van der Waals surface area contributed by atoms with Gasteiger partial charge in [-0.15, -0.1) is 0 Å². The molecule has 84 valence electrons. The lowest BCUT2D eigenvalue weighted by Gasteiger charge is -2.03. The molecule has 1 heterocycles. The summed E-state index contributed by atoms with van der Waals surface area (Å²) in [6.07, 6.45) is 0.685. The number of aromatic nitrogens is 1. The molecule has 0 atom stereocenters. The summed E-state index contributed by atoms with van der Waals surface area (Å²) in [5.41, 5.74) is 1.25. The Labute approximate surface area is 88.8 Å². The maximum absolute atomic E-state index is 11.7. The van der Waals surface area contributed by atoms with Crippen molar-refractivity contribution in [2.24, 2.45) is 0 Å². The van der Waals surface area contributed by atoms with Crippen LogP contribution in [0.4, 0.5) is 0 Å². The van der Waals surface area contributed by atoms with Crippen molar-refractivity contribution < 1.29 is 14.1 Å². The van der Waals surface area contributed by atoms with Crippen LogP contribution in [0.2, 0.25) is 0 Å². The molecule has 0 radical (unpaired) electrons. The summed E-state index contributed by atoms with van der Waals surface area (Å²) in [5, 5.41) is 6.55. The molecule has 0 saturated carbocycles. The fraction of sp³-hybridized carbons (Fsp3) is 0.600. The van der Waals surface area contributed by atoms with Crippen LogP contribution < -0.4 is 5.32 Å². The predicted molar refractivity (Wildman–Crippen MR) is 54.8 cm³/mol. The molecule has 0 spiro atoms. The van der Waals surface area contributed by atoms with Gasteiger partial charge in [-0.05, 0) is 13.3 Å². The summed E-state index contributed by atoms with van der Waals surface area (Å²) < 4.78 is 9.81. The van der Waals surface area contributed by atoms with Crippen LogP contribution >= 0.6 is 0 Å². The van der Waals surface area contributed by atoms with Crippen LogP contribution in [0.3, 0.4) is 0 Å². The minimum atomic E-state index is -0.150. The zero-order valence-electron chi connectivity index (χ0n) is 9.29. The predicted octanol–water partition coefficient (Wildman–Crippen LogP) is 0.922. The molecular weight excluding hydrogens is 196 g/mol. The fourth-order valence-electron chi connectivity index (χ4n) is 1.31. The Kier molecular flexibility index (Phi) is 4.30. The number of nitrogens with one attached hydrogen (secondary N) is 1. The Morgan fingerprint density at radius 2 is 2.33 bits per heavy atom. The van der Waals surface area contributed by atoms with Crippen molar-refractivity contribution in [2.45, 2.75) is 20.3 Å². The van der Waals surface area contributed by atoms with E-state index in [0.717, 1.165) is 0 Å². The zero-order chi connectivity index (χ0) is 11.3. The summed E-state index contributed by atoms with van der Waals surface area (Å²) in [6.45, 7) is 4.65. The van der Waals surface area contributed by atoms with Gasteiger partial charge >= 0.3 is 0 Å². The summed E-state index contributed by atoms with van der Waals surface area (Å²) >= 11 is 0. The van der Waals surface area contributed by atoms with E-state index >= 15 is 0 Å². The van der Waals surface area contributed by atoms with Crippen LogP contribution in [-0.4, -0.2) is 31.3 Å². The second-order valence-electron chi connectivity index (χ2n) is 3.16. The summed E-state index contributed by atoms with van der Waals surface area (Å²) in [5.74, 6) is 0.407. The topological polar surface area (TPSA) is 64.4 Å². The van der Waals surface area contributed by atoms with Crippen molar-refractivity contribution >= 4 is 5.91 Å². The Bertz CT molecular complexity index is 333. The van der Waals surface area contributed by atoms with E-state index in [1.807, 2.05) is 6.92 Å². The van der Waals surface area contributed by atoms with Gasteiger partial charge in [-0.1, -0.05) is 12.1 Å². The molecule has 15 heavy (non-hydrogen) atoms. The van der Waals surface area contributed by atoms with Crippen molar-refractivity contribution in [3.8, 4) is 0 Å². The van der Waals surface area contributed by atoms with Crippen LogP contribution in [0.15, 0.2) is 4.52 Å². The number of carbonyl (C=O) groups excluding carboxylic acids is 1. The quantitative estimate of drug-likeness (QED) is 0.737. The molecule has 1 N–H and O–H groups in total. The van der Waals surface area contributed by atoms with E-state index in [-0.39, 0.29) is 5.91 Å². The van der Waals surface area contributed by atoms with E-state index in [0.29, 0.717) is 36.6 Å². The number of methoxy groups -OCH3 is 1. The number of ether oxygens (including phenoxy) is 1. The first-order chi connectivity index (χ1) is 7.20. The van der Waals surface area contributed by atoms with Crippen molar-refractivity contribution in [1.82, 2.24) is 10.5 Å². The van der Waals surface area contributed by atoms with Gasteiger partial charge in [0.15, 0.2) is 0 Å². The van der Waals surface area contributed by atoms with Gasteiger partial charge in [0.25, 0.3) is 5.91 Å². The van der Waals surface area contributed by atoms with Crippen molar-refractivity contribution in [2.75, 3.05) is 20.3 Å². The van der Waals surface area contributed by atoms with Crippen LogP contribution in [0, 0.1) is 6.92 Å². The molecule has 0 aliphatic heterocycles. The molecule has 1 amide bonds. The second kappa shape index (κ2) is 5.50. The number of amides is 1.